The molecule has 152 valence electrons. The van der Waals surface area contributed by atoms with Gasteiger partial charge in [-0.3, -0.25) is 4.68 Å². The van der Waals surface area contributed by atoms with Gasteiger partial charge in [0, 0.05) is 26.0 Å². The second-order valence-electron chi connectivity index (χ2n) is 7.95. The molecule has 0 radical (unpaired) electrons. The van der Waals surface area contributed by atoms with Crippen LogP contribution in [0, 0.1) is 6.92 Å². The number of nitrogens with one attached hydrogen (secondary N) is 2. The van der Waals surface area contributed by atoms with Crippen LogP contribution in [-0.2, 0) is 18.3 Å². The van der Waals surface area contributed by atoms with Crippen LogP contribution in [0.1, 0.15) is 31.9 Å². The lowest BCUT2D eigenvalue weighted by Gasteiger charge is -2.20. The molecule has 0 aliphatic rings. The molecule has 7 nitrogen and oxygen atoms in total. The molecule has 29 heavy (non-hydrogen) atoms. The van der Waals surface area contributed by atoms with Gasteiger partial charge >= 0.3 is 6.09 Å². The molecule has 1 aromatic carbocycles. The zero-order valence-corrected chi connectivity index (χ0v) is 17.5. The highest BCUT2D eigenvalue weighted by atomic mass is 16.6. The molecule has 3 rings (SSSR count). The molecule has 0 atom stereocenters. The van der Waals surface area contributed by atoms with Crippen LogP contribution in [0.3, 0.4) is 0 Å². The van der Waals surface area contributed by atoms with Crippen LogP contribution >= 0.6 is 0 Å². The van der Waals surface area contributed by atoms with E-state index in [1.165, 1.54) is 0 Å². The number of hydrogen-bond donors (Lipinski definition) is 2. The van der Waals surface area contributed by atoms with Crippen molar-refractivity contribution in [1.29, 1.82) is 0 Å². The van der Waals surface area contributed by atoms with E-state index in [0.717, 1.165) is 33.8 Å². The minimum atomic E-state index is -0.508. The standard InChI is InChI=1S/C22H27N5O2/c1-15-10-16(6-7-18(15)12-24-21(28)29-22(2,3)4)17-8-9-23-20(11-17)26-19-13-25-27(5)14-19/h6-11,13-14H,12H2,1-5H3,(H,23,26)(H,24,28). The molecule has 3 aromatic rings. The molecular weight excluding hydrogens is 366 g/mol. The third-order valence-corrected chi connectivity index (χ3v) is 4.24. The first kappa shape index (κ1) is 20.4. The van der Waals surface area contributed by atoms with E-state index in [1.54, 1.807) is 17.1 Å². The van der Waals surface area contributed by atoms with Gasteiger partial charge in [0.15, 0.2) is 0 Å². The van der Waals surface area contributed by atoms with E-state index in [9.17, 15) is 4.79 Å². The highest BCUT2D eigenvalue weighted by molar-refractivity contribution is 5.70. The average Bonchev–Trinajstić information content (AvgIpc) is 3.04. The van der Waals surface area contributed by atoms with Gasteiger partial charge in [0.2, 0.25) is 0 Å². The maximum Gasteiger partial charge on any atom is 0.407 e. The summed E-state index contributed by atoms with van der Waals surface area (Å²) in [6.45, 7) is 7.99. The summed E-state index contributed by atoms with van der Waals surface area (Å²) in [5.41, 5.74) is 4.66. The minimum Gasteiger partial charge on any atom is -0.444 e. The summed E-state index contributed by atoms with van der Waals surface area (Å²) in [4.78, 5) is 16.2. The monoisotopic (exact) mass is 393 g/mol. The van der Waals surface area contributed by atoms with E-state index in [0.29, 0.717) is 6.54 Å². The van der Waals surface area contributed by atoms with Crippen molar-refractivity contribution in [3.63, 3.8) is 0 Å². The number of carbonyl (C=O) groups is 1. The highest BCUT2D eigenvalue weighted by Crippen LogP contribution is 2.25. The van der Waals surface area contributed by atoms with Gasteiger partial charge in [-0.2, -0.15) is 5.10 Å². The second-order valence-corrected chi connectivity index (χ2v) is 7.95. The van der Waals surface area contributed by atoms with E-state index >= 15 is 0 Å². The largest absolute Gasteiger partial charge is 0.444 e. The lowest BCUT2D eigenvalue weighted by Crippen LogP contribution is -2.32. The first-order valence-electron chi connectivity index (χ1n) is 9.48. The molecule has 0 saturated carbocycles. The predicted octanol–water partition coefficient (Wildman–Crippen LogP) is 4.56. The van der Waals surface area contributed by atoms with Gasteiger partial charge in [-0.15, -0.1) is 0 Å². The molecule has 0 aliphatic heterocycles. The first-order chi connectivity index (χ1) is 13.7. The fraction of sp³-hybridized carbons (Fsp3) is 0.318. The van der Waals surface area contributed by atoms with Gasteiger partial charge in [0.1, 0.15) is 11.4 Å². The molecule has 0 spiro atoms. The smallest absolute Gasteiger partial charge is 0.407 e. The summed E-state index contributed by atoms with van der Waals surface area (Å²) >= 11 is 0. The Hall–Kier alpha value is -3.35. The third-order valence-electron chi connectivity index (χ3n) is 4.24. The average molecular weight is 393 g/mol. The molecule has 0 unspecified atom stereocenters. The fourth-order valence-corrected chi connectivity index (χ4v) is 2.87. The zero-order valence-electron chi connectivity index (χ0n) is 17.5. The summed E-state index contributed by atoms with van der Waals surface area (Å²) < 4.78 is 7.02. The van der Waals surface area contributed by atoms with E-state index < -0.39 is 11.7 Å². The topological polar surface area (TPSA) is 81.1 Å². The van der Waals surface area contributed by atoms with E-state index in [4.69, 9.17) is 4.74 Å². The first-order valence-corrected chi connectivity index (χ1v) is 9.48. The summed E-state index contributed by atoms with van der Waals surface area (Å²) in [6, 6.07) is 10.1. The van der Waals surface area contributed by atoms with Crippen molar-refractivity contribution in [1.82, 2.24) is 20.1 Å². The summed E-state index contributed by atoms with van der Waals surface area (Å²) in [5.74, 6) is 0.754. The van der Waals surface area contributed by atoms with Crippen LogP contribution in [0.4, 0.5) is 16.3 Å². The summed E-state index contributed by atoms with van der Waals surface area (Å²) in [5, 5.41) is 10.2. The van der Waals surface area contributed by atoms with Crippen LogP contribution in [0.25, 0.3) is 11.1 Å². The number of hydrogen-bond acceptors (Lipinski definition) is 5. The van der Waals surface area contributed by atoms with Crippen LogP contribution in [0.15, 0.2) is 48.9 Å². The third kappa shape index (κ3) is 5.81. The Bertz CT molecular complexity index is 1000. The Labute approximate surface area is 171 Å². The zero-order chi connectivity index (χ0) is 21.0. The minimum absolute atomic E-state index is 0.416. The number of rotatable bonds is 5. The van der Waals surface area contributed by atoms with Gasteiger partial charge in [0.25, 0.3) is 0 Å². The fourth-order valence-electron chi connectivity index (χ4n) is 2.87. The van der Waals surface area contributed by atoms with E-state index in [2.05, 4.69) is 26.8 Å². The summed E-state index contributed by atoms with van der Waals surface area (Å²) in [6.07, 6.45) is 5.01. The van der Waals surface area contributed by atoms with Gasteiger partial charge in [-0.25, -0.2) is 9.78 Å². The Kier molecular flexibility index (Phi) is 5.87. The predicted molar refractivity (Wildman–Crippen MR) is 114 cm³/mol. The lowest BCUT2D eigenvalue weighted by atomic mass is 10.0. The molecule has 2 heterocycles. The second kappa shape index (κ2) is 8.34. The molecule has 2 aromatic heterocycles. The molecule has 0 fully saturated rings. The van der Waals surface area contributed by atoms with Crippen LogP contribution < -0.4 is 10.6 Å². The molecule has 0 aliphatic carbocycles. The number of aryl methyl sites for hydroxylation is 2. The Morgan fingerprint density at radius 2 is 1.93 bits per heavy atom. The van der Waals surface area contributed by atoms with E-state index in [1.807, 2.05) is 65.2 Å². The van der Waals surface area contributed by atoms with Crippen molar-refractivity contribution in [3.8, 4) is 11.1 Å². The number of nitrogens with zero attached hydrogens (tertiary/aromatic N) is 3. The molecule has 2 N–H and O–H groups in total. The number of benzene rings is 1. The lowest BCUT2D eigenvalue weighted by molar-refractivity contribution is 0.0523. The van der Waals surface area contributed by atoms with Gasteiger partial charge in [-0.1, -0.05) is 18.2 Å². The van der Waals surface area contributed by atoms with Crippen molar-refractivity contribution in [2.24, 2.45) is 7.05 Å². The number of carbonyl (C=O) groups excluding carboxylic acids is 1. The molecular formula is C22H27N5O2. The Morgan fingerprint density at radius 3 is 2.59 bits per heavy atom. The molecule has 0 bridgehead atoms. The SMILES string of the molecule is Cc1cc(-c2ccnc(Nc3cnn(C)c3)c2)ccc1CNC(=O)OC(C)(C)C. The van der Waals surface area contributed by atoms with Crippen molar-refractivity contribution in [2.45, 2.75) is 39.8 Å². The maximum absolute atomic E-state index is 11.9. The maximum atomic E-state index is 11.9. The number of alkyl carbamates (subject to hydrolysis) is 1. The summed E-state index contributed by atoms with van der Waals surface area (Å²) in [7, 11) is 1.87. The Balaban J connectivity index is 1.69. The van der Waals surface area contributed by atoms with Crippen molar-refractivity contribution < 1.29 is 9.53 Å². The van der Waals surface area contributed by atoms with Crippen LogP contribution in [-0.4, -0.2) is 26.5 Å². The van der Waals surface area contributed by atoms with Gasteiger partial charge < -0.3 is 15.4 Å². The van der Waals surface area contributed by atoms with Crippen molar-refractivity contribution in [2.75, 3.05) is 5.32 Å². The van der Waals surface area contributed by atoms with Gasteiger partial charge in [-0.05, 0) is 62.1 Å². The number of amides is 1. The molecule has 7 heteroatoms. The van der Waals surface area contributed by atoms with Crippen LogP contribution in [0.2, 0.25) is 0 Å². The molecule has 0 saturated heterocycles. The normalized spacial score (nSPS) is 11.2. The van der Waals surface area contributed by atoms with Crippen LogP contribution in [0.5, 0.6) is 0 Å². The van der Waals surface area contributed by atoms with Crippen molar-refractivity contribution >= 4 is 17.6 Å². The number of anilines is 2. The highest BCUT2D eigenvalue weighted by Gasteiger charge is 2.16. The van der Waals surface area contributed by atoms with Crippen molar-refractivity contribution in [3.05, 3.63) is 60.0 Å². The van der Waals surface area contributed by atoms with Gasteiger partial charge in [0.05, 0.1) is 11.9 Å². The Morgan fingerprint density at radius 1 is 1.17 bits per heavy atom. The molecule has 1 amide bonds. The quantitative estimate of drug-likeness (QED) is 0.664. The number of aromatic nitrogens is 3. The van der Waals surface area contributed by atoms with E-state index in [-0.39, 0.29) is 0 Å². The number of ether oxygens (including phenoxy) is 1. The number of pyridine rings is 1.